The molecule has 0 heterocycles. The molecule has 1 unspecified atom stereocenters. The van der Waals surface area contributed by atoms with Crippen molar-refractivity contribution in [2.75, 3.05) is 6.54 Å². The molecule has 2 rings (SSSR count). The summed E-state index contributed by atoms with van der Waals surface area (Å²) >= 11 is 5.87. The lowest BCUT2D eigenvalue weighted by molar-refractivity contribution is 0.773. The maximum absolute atomic E-state index is 5.87. The topological polar surface area (TPSA) is 26.0 Å². The first-order valence-corrected chi connectivity index (χ1v) is 6.60. The van der Waals surface area contributed by atoms with Gasteiger partial charge in [0.1, 0.15) is 0 Å². The van der Waals surface area contributed by atoms with Crippen LogP contribution < -0.4 is 5.73 Å². The number of rotatable bonds is 4. The second kappa shape index (κ2) is 6.03. The van der Waals surface area contributed by atoms with Gasteiger partial charge in [0.05, 0.1) is 0 Å². The smallest absolute Gasteiger partial charge is 0.0406 e. The number of benzene rings is 2. The minimum atomic E-state index is 0.426. The Bertz CT molecular complexity index is 488. The van der Waals surface area contributed by atoms with Gasteiger partial charge in [0.2, 0.25) is 0 Å². The molecular formula is C16H18ClN. The molecule has 0 aliphatic heterocycles. The molecule has 0 aliphatic rings. The fourth-order valence-electron chi connectivity index (χ4n) is 1.94. The summed E-state index contributed by atoms with van der Waals surface area (Å²) in [6.07, 6.45) is 0.939. The summed E-state index contributed by atoms with van der Waals surface area (Å²) in [6.45, 7) is 2.84. The van der Waals surface area contributed by atoms with Crippen LogP contribution in [0.5, 0.6) is 0 Å². The van der Waals surface area contributed by atoms with E-state index in [2.05, 4.69) is 43.3 Å². The minimum Gasteiger partial charge on any atom is -0.330 e. The molecule has 0 amide bonds. The van der Waals surface area contributed by atoms with Crippen molar-refractivity contribution in [3.63, 3.8) is 0 Å². The van der Waals surface area contributed by atoms with E-state index in [4.69, 9.17) is 17.3 Å². The second-order valence-electron chi connectivity index (χ2n) is 4.68. The number of nitrogens with two attached hydrogens (primary N) is 1. The zero-order valence-corrected chi connectivity index (χ0v) is 11.3. The highest BCUT2D eigenvalue weighted by atomic mass is 35.5. The Hall–Kier alpha value is -1.31. The number of hydrogen-bond acceptors (Lipinski definition) is 1. The average Bonchev–Trinajstić information content (AvgIpc) is 2.41. The number of hydrogen-bond donors (Lipinski definition) is 1. The Kier molecular flexibility index (Phi) is 4.40. The molecule has 94 valence electrons. The van der Waals surface area contributed by atoms with Crippen LogP contribution in [0.3, 0.4) is 0 Å². The van der Waals surface area contributed by atoms with E-state index in [0.717, 1.165) is 11.4 Å². The van der Waals surface area contributed by atoms with E-state index in [-0.39, 0.29) is 0 Å². The summed E-state index contributed by atoms with van der Waals surface area (Å²) < 4.78 is 0. The highest BCUT2D eigenvalue weighted by Crippen LogP contribution is 2.17. The lowest BCUT2D eigenvalue weighted by Gasteiger charge is -2.09. The SMILES string of the molecule is CC(CN)c1ccc(Cc2ccc(Cl)cc2)cc1. The van der Waals surface area contributed by atoms with Crippen molar-refractivity contribution in [2.24, 2.45) is 5.73 Å². The Morgan fingerprint density at radius 3 is 1.94 bits per heavy atom. The molecule has 0 saturated carbocycles. The third-order valence-electron chi connectivity index (χ3n) is 3.22. The first-order valence-electron chi connectivity index (χ1n) is 6.22. The summed E-state index contributed by atoms with van der Waals surface area (Å²) in [6, 6.07) is 16.7. The van der Waals surface area contributed by atoms with Gasteiger partial charge in [-0.1, -0.05) is 54.9 Å². The molecule has 0 aromatic heterocycles. The summed E-state index contributed by atoms with van der Waals surface area (Å²) in [5, 5.41) is 0.783. The molecule has 2 aromatic rings. The molecule has 0 saturated heterocycles. The zero-order chi connectivity index (χ0) is 13.0. The molecule has 2 N–H and O–H groups in total. The van der Waals surface area contributed by atoms with Crippen molar-refractivity contribution in [3.8, 4) is 0 Å². The highest BCUT2D eigenvalue weighted by molar-refractivity contribution is 6.30. The van der Waals surface area contributed by atoms with Gasteiger partial charge in [-0.05, 0) is 47.7 Å². The van der Waals surface area contributed by atoms with Gasteiger partial charge in [-0.25, -0.2) is 0 Å². The van der Waals surface area contributed by atoms with Gasteiger partial charge in [0, 0.05) is 5.02 Å². The van der Waals surface area contributed by atoms with Crippen molar-refractivity contribution < 1.29 is 0 Å². The molecular weight excluding hydrogens is 242 g/mol. The van der Waals surface area contributed by atoms with Gasteiger partial charge in [-0.2, -0.15) is 0 Å². The van der Waals surface area contributed by atoms with Gasteiger partial charge in [-0.15, -0.1) is 0 Å². The van der Waals surface area contributed by atoms with Crippen LogP contribution in [0.4, 0.5) is 0 Å². The molecule has 2 aromatic carbocycles. The lowest BCUT2D eigenvalue weighted by atomic mass is 9.98. The molecule has 1 nitrogen and oxygen atoms in total. The van der Waals surface area contributed by atoms with Gasteiger partial charge < -0.3 is 5.73 Å². The largest absolute Gasteiger partial charge is 0.330 e. The normalized spacial score (nSPS) is 12.4. The first-order chi connectivity index (χ1) is 8.69. The molecule has 1 atom stereocenters. The maximum Gasteiger partial charge on any atom is 0.0406 e. The van der Waals surface area contributed by atoms with E-state index >= 15 is 0 Å². The first kappa shape index (κ1) is 13.1. The third-order valence-corrected chi connectivity index (χ3v) is 3.48. The van der Waals surface area contributed by atoms with Crippen LogP contribution in [-0.2, 0) is 6.42 Å². The summed E-state index contributed by atoms with van der Waals surface area (Å²) in [5.41, 5.74) is 9.56. The van der Waals surface area contributed by atoms with Gasteiger partial charge >= 0.3 is 0 Å². The quantitative estimate of drug-likeness (QED) is 0.883. The van der Waals surface area contributed by atoms with Crippen molar-refractivity contribution in [1.29, 1.82) is 0 Å². The third kappa shape index (κ3) is 3.34. The lowest BCUT2D eigenvalue weighted by Crippen LogP contribution is -2.08. The summed E-state index contributed by atoms with van der Waals surface area (Å²) in [5.74, 6) is 0.426. The fourth-order valence-corrected chi connectivity index (χ4v) is 2.06. The Morgan fingerprint density at radius 2 is 1.44 bits per heavy atom. The molecule has 0 radical (unpaired) electrons. The molecule has 0 fully saturated rings. The van der Waals surface area contributed by atoms with Crippen LogP contribution in [0.25, 0.3) is 0 Å². The van der Waals surface area contributed by atoms with E-state index in [1.807, 2.05) is 12.1 Å². The van der Waals surface area contributed by atoms with E-state index in [0.29, 0.717) is 12.5 Å². The molecule has 0 bridgehead atoms. The molecule has 0 spiro atoms. The number of halogens is 1. The summed E-state index contributed by atoms with van der Waals surface area (Å²) in [7, 11) is 0. The fraction of sp³-hybridized carbons (Fsp3) is 0.250. The van der Waals surface area contributed by atoms with Crippen molar-refractivity contribution in [2.45, 2.75) is 19.3 Å². The highest BCUT2D eigenvalue weighted by Gasteiger charge is 2.03. The van der Waals surface area contributed by atoms with Crippen LogP contribution >= 0.6 is 11.6 Å². The molecule has 0 aliphatic carbocycles. The zero-order valence-electron chi connectivity index (χ0n) is 10.6. The van der Waals surface area contributed by atoms with Crippen LogP contribution in [0.2, 0.25) is 5.02 Å². The summed E-state index contributed by atoms with van der Waals surface area (Å²) in [4.78, 5) is 0. The van der Waals surface area contributed by atoms with E-state index in [9.17, 15) is 0 Å². The molecule has 18 heavy (non-hydrogen) atoms. The predicted molar refractivity (Wildman–Crippen MR) is 78.2 cm³/mol. The van der Waals surface area contributed by atoms with Crippen molar-refractivity contribution in [1.82, 2.24) is 0 Å². The van der Waals surface area contributed by atoms with E-state index in [1.165, 1.54) is 16.7 Å². The van der Waals surface area contributed by atoms with Gasteiger partial charge in [0.25, 0.3) is 0 Å². The van der Waals surface area contributed by atoms with Crippen LogP contribution in [-0.4, -0.2) is 6.54 Å². The van der Waals surface area contributed by atoms with Crippen LogP contribution in [0.15, 0.2) is 48.5 Å². The van der Waals surface area contributed by atoms with Crippen molar-refractivity contribution in [3.05, 3.63) is 70.2 Å². The van der Waals surface area contributed by atoms with Crippen LogP contribution in [0, 0.1) is 0 Å². The van der Waals surface area contributed by atoms with E-state index < -0.39 is 0 Å². The maximum atomic E-state index is 5.87. The Labute approximate surface area is 114 Å². The average molecular weight is 260 g/mol. The van der Waals surface area contributed by atoms with E-state index in [1.54, 1.807) is 0 Å². The molecule has 2 heteroatoms. The van der Waals surface area contributed by atoms with Crippen LogP contribution in [0.1, 0.15) is 29.5 Å². The Morgan fingerprint density at radius 1 is 0.944 bits per heavy atom. The second-order valence-corrected chi connectivity index (χ2v) is 5.12. The van der Waals surface area contributed by atoms with Crippen molar-refractivity contribution >= 4 is 11.6 Å². The minimum absolute atomic E-state index is 0.426. The standard InChI is InChI=1S/C16H18ClN/c1-12(11-18)15-6-2-13(3-7-15)10-14-4-8-16(17)9-5-14/h2-9,12H,10-11,18H2,1H3. The van der Waals surface area contributed by atoms with Gasteiger partial charge in [-0.3, -0.25) is 0 Å². The monoisotopic (exact) mass is 259 g/mol. The Balaban J connectivity index is 2.08. The van der Waals surface area contributed by atoms with Gasteiger partial charge in [0.15, 0.2) is 0 Å². The predicted octanol–water partition coefficient (Wildman–Crippen LogP) is 3.99.